The van der Waals surface area contributed by atoms with Gasteiger partial charge in [-0.25, -0.2) is 9.88 Å². The number of rotatable bonds is 1. The fraction of sp³-hybridized carbons (Fsp3) is 0. The van der Waals surface area contributed by atoms with E-state index in [9.17, 15) is 14.4 Å². The fourth-order valence-corrected chi connectivity index (χ4v) is 2.45. The summed E-state index contributed by atoms with van der Waals surface area (Å²) in [4.78, 5) is 40.7. The third kappa shape index (κ3) is 1.55. The molecule has 94 valence electrons. The molecule has 6 nitrogen and oxygen atoms in total. The van der Waals surface area contributed by atoms with Crippen molar-refractivity contribution < 1.29 is 14.4 Å². The first-order chi connectivity index (χ1) is 9.11. The van der Waals surface area contributed by atoms with E-state index in [0.717, 1.165) is 0 Å². The van der Waals surface area contributed by atoms with Crippen molar-refractivity contribution in [3.05, 3.63) is 45.9 Å². The Morgan fingerprint density at radius 1 is 1.26 bits per heavy atom. The number of hydrogen-bond donors (Lipinski definition) is 1. The fourth-order valence-electron chi connectivity index (χ4n) is 1.93. The maximum absolute atomic E-state index is 12.1. The first kappa shape index (κ1) is 11.5. The van der Waals surface area contributed by atoms with E-state index in [1.807, 2.05) is 0 Å². The van der Waals surface area contributed by atoms with Gasteiger partial charge in [0.1, 0.15) is 5.69 Å². The lowest BCUT2D eigenvalue weighted by molar-refractivity contribution is 0.0564. The number of benzene rings is 1. The largest absolute Gasteiger partial charge is 0.398 e. The third-order valence-corrected chi connectivity index (χ3v) is 3.39. The Labute approximate surface area is 111 Å². The van der Waals surface area contributed by atoms with Gasteiger partial charge in [0.2, 0.25) is 0 Å². The third-order valence-electron chi connectivity index (χ3n) is 2.80. The molecule has 0 bridgehead atoms. The number of nitrogen functional groups attached to an aromatic ring is 1. The number of imide groups is 3. The van der Waals surface area contributed by atoms with Gasteiger partial charge < -0.3 is 5.73 Å². The number of amides is 3. The molecule has 0 fully saturated rings. The molecule has 3 rings (SSSR count). The summed E-state index contributed by atoms with van der Waals surface area (Å²) >= 11 is 1.21. The summed E-state index contributed by atoms with van der Waals surface area (Å²) < 4.78 is 0. The van der Waals surface area contributed by atoms with Crippen molar-refractivity contribution in [3.63, 3.8) is 0 Å². The topological polar surface area (TPSA) is 93.4 Å². The quantitative estimate of drug-likeness (QED) is 0.621. The van der Waals surface area contributed by atoms with E-state index in [0.29, 0.717) is 4.90 Å². The molecule has 7 heteroatoms. The highest BCUT2D eigenvalue weighted by Gasteiger charge is 2.41. The van der Waals surface area contributed by atoms with Crippen LogP contribution in [0.4, 0.5) is 5.69 Å². The van der Waals surface area contributed by atoms with Crippen LogP contribution in [-0.2, 0) is 0 Å². The lowest BCUT2D eigenvalue weighted by atomic mass is 10.1. The number of carbonyl (C=O) groups excluding carboxylic acids is 3. The van der Waals surface area contributed by atoms with Crippen LogP contribution in [0, 0.1) is 0 Å². The van der Waals surface area contributed by atoms with Gasteiger partial charge in [0.05, 0.1) is 16.6 Å². The minimum absolute atomic E-state index is 0.0677. The number of nitrogens with zero attached hydrogens (tertiary/aromatic N) is 2. The van der Waals surface area contributed by atoms with Crippen molar-refractivity contribution in [3.8, 4) is 0 Å². The van der Waals surface area contributed by atoms with Crippen LogP contribution < -0.4 is 5.73 Å². The number of fused-ring (bicyclic) bond motifs is 1. The number of nitrogens with two attached hydrogens (primary N) is 1. The molecule has 1 aromatic carbocycles. The van der Waals surface area contributed by atoms with Gasteiger partial charge in [0, 0.05) is 11.1 Å². The van der Waals surface area contributed by atoms with Gasteiger partial charge in [-0.3, -0.25) is 14.4 Å². The Bertz CT molecular complexity index is 709. The molecule has 0 spiro atoms. The summed E-state index contributed by atoms with van der Waals surface area (Å²) in [5.41, 5.74) is 7.62. The molecule has 0 saturated heterocycles. The van der Waals surface area contributed by atoms with Gasteiger partial charge in [-0.2, -0.15) is 0 Å². The normalized spacial score (nSPS) is 13.8. The molecule has 0 saturated carbocycles. The molecule has 19 heavy (non-hydrogen) atoms. The van der Waals surface area contributed by atoms with E-state index in [4.69, 9.17) is 5.73 Å². The molecular weight excluding hydrogens is 266 g/mol. The van der Waals surface area contributed by atoms with Crippen LogP contribution in [0.5, 0.6) is 0 Å². The standard InChI is InChI=1S/C12H7N3O3S/c13-7-3-1-2-6-9(7)12(18)15(10(6)16)11(17)8-4-19-5-14-8/h1-5H,13H2. The van der Waals surface area contributed by atoms with Gasteiger partial charge in [-0.05, 0) is 12.1 Å². The van der Waals surface area contributed by atoms with E-state index in [1.54, 1.807) is 6.07 Å². The first-order valence-electron chi connectivity index (χ1n) is 5.31. The molecule has 3 amide bonds. The van der Waals surface area contributed by atoms with E-state index in [2.05, 4.69) is 4.98 Å². The Balaban J connectivity index is 2.09. The molecule has 1 aliphatic rings. The summed E-state index contributed by atoms with van der Waals surface area (Å²) in [5.74, 6) is -2.09. The Kier molecular flexibility index (Phi) is 2.42. The maximum atomic E-state index is 12.1. The number of aromatic nitrogens is 1. The predicted molar refractivity (Wildman–Crippen MR) is 67.8 cm³/mol. The van der Waals surface area contributed by atoms with Crippen molar-refractivity contribution in [2.45, 2.75) is 0 Å². The molecule has 2 heterocycles. The monoisotopic (exact) mass is 273 g/mol. The van der Waals surface area contributed by atoms with E-state index < -0.39 is 17.7 Å². The minimum atomic E-state index is -0.730. The second-order valence-electron chi connectivity index (χ2n) is 3.89. The van der Waals surface area contributed by atoms with E-state index in [-0.39, 0.29) is 22.5 Å². The first-order valence-corrected chi connectivity index (χ1v) is 6.25. The molecule has 2 N–H and O–H groups in total. The summed E-state index contributed by atoms with van der Waals surface area (Å²) in [5, 5.41) is 1.48. The van der Waals surface area contributed by atoms with Gasteiger partial charge in [-0.1, -0.05) is 6.07 Å². The van der Waals surface area contributed by atoms with Crippen molar-refractivity contribution in [1.82, 2.24) is 9.88 Å². The van der Waals surface area contributed by atoms with Gasteiger partial charge in [0.25, 0.3) is 17.7 Å². The number of hydrogen-bond acceptors (Lipinski definition) is 6. The Morgan fingerprint density at radius 3 is 2.68 bits per heavy atom. The van der Waals surface area contributed by atoms with Crippen molar-refractivity contribution in [2.24, 2.45) is 0 Å². The molecule has 0 atom stereocenters. The average Bonchev–Trinajstić information content (AvgIpc) is 2.98. The molecule has 1 aliphatic heterocycles. The van der Waals surface area contributed by atoms with Crippen molar-refractivity contribution >= 4 is 34.7 Å². The SMILES string of the molecule is Nc1cccc2c1C(=O)N(C(=O)c1cscn1)C2=O. The molecule has 0 unspecified atom stereocenters. The van der Waals surface area contributed by atoms with E-state index >= 15 is 0 Å². The smallest absolute Gasteiger partial charge is 0.287 e. The number of anilines is 1. The average molecular weight is 273 g/mol. The molecule has 1 aromatic heterocycles. The van der Waals surface area contributed by atoms with Crippen LogP contribution in [0.1, 0.15) is 31.2 Å². The predicted octanol–water partition coefficient (Wildman–Crippen LogP) is 1.16. The lowest BCUT2D eigenvalue weighted by Gasteiger charge is -2.09. The summed E-state index contributed by atoms with van der Waals surface area (Å²) in [6.45, 7) is 0. The lowest BCUT2D eigenvalue weighted by Crippen LogP contribution is -2.36. The van der Waals surface area contributed by atoms with Crippen LogP contribution >= 0.6 is 11.3 Å². The van der Waals surface area contributed by atoms with Crippen LogP contribution in [0.25, 0.3) is 0 Å². The zero-order valence-corrected chi connectivity index (χ0v) is 10.3. The van der Waals surface area contributed by atoms with Gasteiger partial charge >= 0.3 is 0 Å². The molecule has 2 aromatic rings. The molecule has 0 aliphatic carbocycles. The highest BCUT2D eigenvalue weighted by Crippen LogP contribution is 2.28. The van der Waals surface area contributed by atoms with E-state index in [1.165, 1.54) is 34.4 Å². The van der Waals surface area contributed by atoms with Crippen LogP contribution in [0.15, 0.2) is 29.1 Å². The van der Waals surface area contributed by atoms with Crippen molar-refractivity contribution in [1.29, 1.82) is 0 Å². The molecule has 0 radical (unpaired) electrons. The maximum Gasteiger partial charge on any atom is 0.287 e. The van der Waals surface area contributed by atoms with Crippen molar-refractivity contribution in [2.75, 3.05) is 5.73 Å². The second-order valence-corrected chi connectivity index (χ2v) is 4.61. The second kappa shape index (κ2) is 3.99. The number of thiazole rings is 1. The van der Waals surface area contributed by atoms with Gasteiger partial charge in [-0.15, -0.1) is 11.3 Å². The zero-order valence-electron chi connectivity index (χ0n) is 9.49. The Morgan fingerprint density at radius 2 is 2.05 bits per heavy atom. The van der Waals surface area contributed by atoms with Crippen LogP contribution in [0.2, 0.25) is 0 Å². The van der Waals surface area contributed by atoms with Crippen LogP contribution in [0.3, 0.4) is 0 Å². The van der Waals surface area contributed by atoms with Crippen LogP contribution in [-0.4, -0.2) is 27.6 Å². The highest BCUT2D eigenvalue weighted by molar-refractivity contribution is 7.07. The minimum Gasteiger partial charge on any atom is -0.398 e. The number of carbonyl (C=O) groups is 3. The summed E-state index contributed by atoms with van der Waals surface area (Å²) in [6.07, 6.45) is 0. The zero-order chi connectivity index (χ0) is 13.6. The summed E-state index contributed by atoms with van der Waals surface area (Å²) in [6, 6.07) is 4.55. The summed E-state index contributed by atoms with van der Waals surface area (Å²) in [7, 11) is 0. The molecular formula is C12H7N3O3S. The highest BCUT2D eigenvalue weighted by atomic mass is 32.1. The van der Waals surface area contributed by atoms with Gasteiger partial charge in [0.15, 0.2) is 0 Å². The Hall–Kier alpha value is -2.54.